The van der Waals surface area contributed by atoms with Crippen molar-refractivity contribution >= 4 is 38.8 Å². The molecular formula is C27H19BrN4O. The predicted molar refractivity (Wildman–Crippen MR) is 136 cm³/mol. The number of rotatable bonds is 5. The minimum absolute atomic E-state index is 0.285. The second-order valence-corrected chi connectivity index (χ2v) is 8.36. The highest BCUT2D eigenvalue weighted by atomic mass is 79.9. The van der Waals surface area contributed by atoms with Gasteiger partial charge >= 0.3 is 0 Å². The van der Waals surface area contributed by atoms with Crippen LogP contribution in [0.4, 0.5) is 0 Å². The Bertz CT molecular complexity index is 1470. The van der Waals surface area contributed by atoms with Crippen LogP contribution in [0.1, 0.15) is 16.1 Å². The van der Waals surface area contributed by atoms with Gasteiger partial charge in [0.05, 0.1) is 17.6 Å². The van der Waals surface area contributed by atoms with Gasteiger partial charge in [-0.05, 0) is 46.7 Å². The van der Waals surface area contributed by atoms with E-state index in [-0.39, 0.29) is 11.6 Å². The zero-order valence-corrected chi connectivity index (χ0v) is 19.1. The van der Waals surface area contributed by atoms with Crippen molar-refractivity contribution in [1.82, 2.24) is 15.2 Å². The van der Waals surface area contributed by atoms with Gasteiger partial charge in [0.15, 0.2) is 5.69 Å². The Kier molecular flexibility index (Phi) is 5.83. The molecule has 0 bridgehead atoms. The number of fused-ring (bicyclic) bond motifs is 1. The van der Waals surface area contributed by atoms with E-state index in [2.05, 4.69) is 49.8 Å². The molecule has 0 aliphatic heterocycles. The maximum atomic E-state index is 12.9. The van der Waals surface area contributed by atoms with Crippen molar-refractivity contribution in [2.45, 2.75) is 0 Å². The average molecular weight is 495 g/mol. The largest absolute Gasteiger partial charge is 0.291 e. The third kappa shape index (κ3) is 4.47. The topological polar surface area (TPSA) is 59.3 Å². The lowest BCUT2D eigenvalue weighted by molar-refractivity contribution is 0.0949. The quantitative estimate of drug-likeness (QED) is 0.233. The highest BCUT2D eigenvalue weighted by molar-refractivity contribution is 9.10. The van der Waals surface area contributed by atoms with Gasteiger partial charge in [-0.3, -0.25) is 4.79 Å². The Hall–Kier alpha value is -4.03. The summed E-state index contributed by atoms with van der Waals surface area (Å²) in [5.41, 5.74) is 6.45. The molecule has 6 heteroatoms. The van der Waals surface area contributed by atoms with E-state index < -0.39 is 0 Å². The molecular weight excluding hydrogens is 476 g/mol. The lowest BCUT2D eigenvalue weighted by atomic mass is 10.0. The van der Waals surface area contributed by atoms with E-state index in [0.717, 1.165) is 37.8 Å². The van der Waals surface area contributed by atoms with E-state index in [1.54, 1.807) is 17.0 Å². The number of hydrogen-bond donors (Lipinski definition) is 1. The van der Waals surface area contributed by atoms with E-state index >= 15 is 0 Å². The number of halogens is 1. The summed E-state index contributed by atoms with van der Waals surface area (Å²) in [7, 11) is 0. The van der Waals surface area contributed by atoms with Gasteiger partial charge in [-0.25, -0.2) is 10.1 Å². The van der Waals surface area contributed by atoms with E-state index in [0.29, 0.717) is 0 Å². The molecule has 1 amide bonds. The molecule has 0 spiro atoms. The summed E-state index contributed by atoms with van der Waals surface area (Å²) in [6, 6.07) is 33.6. The molecule has 0 saturated heterocycles. The second-order valence-electron chi connectivity index (χ2n) is 7.44. The first-order chi connectivity index (χ1) is 16.2. The fourth-order valence-electron chi connectivity index (χ4n) is 3.71. The van der Waals surface area contributed by atoms with Crippen molar-refractivity contribution in [3.63, 3.8) is 0 Å². The Morgan fingerprint density at radius 2 is 1.64 bits per heavy atom. The van der Waals surface area contributed by atoms with E-state index in [1.165, 1.54) is 0 Å². The van der Waals surface area contributed by atoms with Gasteiger partial charge in [-0.1, -0.05) is 88.7 Å². The van der Waals surface area contributed by atoms with Gasteiger partial charge < -0.3 is 0 Å². The SMILES string of the molecule is O=C(N/N=C\c1cccc(Br)c1)c1cc(-c2cccc3ccccc23)n(-c2ccccc2)n1. The smallest absolute Gasteiger partial charge is 0.265 e. The summed E-state index contributed by atoms with van der Waals surface area (Å²) in [6.45, 7) is 0. The number of benzene rings is 4. The molecule has 0 fully saturated rings. The molecule has 1 heterocycles. The molecule has 0 aliphatic carbocycles. The Morgan fingerprint density at radius 1 is 0.879 bits per heavy atom. The van der Waals surface area contributed by atoms with Crippen LogP contribution >= 0.6 is 15.9 Å². The van der Waals surface area contributed by atoms with Crippen LogP contribution in [0.15, 0.2) is 113 Å². The summed E-state index contributed by atoms with van der Waals surface area (Å²) in [5.74, 6) is -0.377. The highest BCUT2D eigenvalue weighted by Crippen LogP contribution is 2.31. The molecule has 1 N–H and O–H groups in total. The van der Waals surface area contributed by atoms with Crippen molar-refractivity contribution in [1.29, 1.82) is 0 Å². The van der Waals surface area contributed by atoms with Crippen LogP contribution < -0.4 is 5.43 Å². The molecule has 33 heavy (non-hydrogen) atoms. The van der Waals surface area contributed by atoms with Crippen LogP contribution in [0.25, 0.3) is 27.7 Å². The number of amides is 1. The maximum Gasteiger partial charge on any atom is 0.291 e. The zero-order valence-electron chi connectivity index (χ0n) is 17.5. The van der Waals surface area contributed by atoms with Crippen LogP contribution in [0.2, 0.25) is 0 Å². The number of nitrogens with one attached hydrogen (secondary N) is 1. The molecule has 0 saturated carbocycles. The lowest BCUT2D eigenvalue weighted by Crippen LogP contribution is -2.18. The normalized spacial score (nSPS) is 11.2. The standard InChI is InChI=1S/C27H19BrN4O/c28-21-11-6-8-19(16-21)18-29-30-27(33)25-17-26(32(31-25)22-12-2-1-3-13-22)24-15-7-10-20-9-4-5-14-23(20)24/h1-18H,(H,30,33)/b29-18-. The monoisotopic (exact) mass is 494 g/mol. The summed E-state index contributed by atoms with van der Waals surface area (Å²) >= 11 is 3.43. The fourth-order valence-corrected chi connectivity index (χ4v) is 4.13. The number of nitrogens with zero attached hydrogens (tertiary/aromatic N) is 3. The molecule has 5 rings (SSSR count). The number of hydrazone groups is 1. The second kappa shape index (κ2) is 9.22. The van der Waals surface area contributed by atoms with Crippen LogP contribution in [-0.2, 0) is 0 Å². The average Bonchev–Trinajstić information content (AvgIpc) is 3.30. The predicted octanol–water partition coefficient (Wildman–Crippen LogP) is 6.22. The summed E-state index contributed by atoms with van der Waals surface area (Å²) in [5, 5.41) is 10.9. The van der Waals surface area contributed by atoms with Gasteiger partial charge in [-0.2, -0.15) is 10.2 Å². The lowest BCUT2D eigenvalue weighted by Gasteiger charge is -2.10. The van der Waals surface area contributed by atoms with Crippen LogP contribution in [0.3, 0.4) is 0 Å². The van der Waals surface area contributed by atoms with Crippen LogP contribution in [0, 0.1) is 0 Å². The van der Waals surface area contributed by atoms with Gasteiger partial charge in [0, 0.05) is 10.0 Å². The summed E-state index contributed by atoms with van der Waals surface area (Å²) < 4.78 is 2.74. The molecule has 4 aromatic carbocycles. The van der Waals surface area contributed by atoms with E-state index in [9.17, 15) is 4.79 Å². The van der Waals surface area contributed by atoms with Gasteiger partial charge in [-0.15, -0.1) is 0 Å². The molecule has 0 unspecified atom stereocenters. The minimum Gasteiger partial charge on any atom is -0.265 e. The first-order valence-electron chi connectivity index (χ1n) is 10.4. The maximum absolute atomic E-state index is 12.9. The zero-order chi connectivity index (χ0) is 22.6. The third-order valence-electron chi connectivity index (χ3n) is 5.24. The van der Waals surface area contributed by atoms with Gasteiger partial charge in [0.25, 0.3) is 5.91 Å². The van der Waals surface area contributed by atoms with Crippen molar-refractivity contribution in [3.05, 3.63) is 119 Å². The summed E-state index contributed by atoms with van der Waals surface area (Å²) in [4.78, 5) is 12.9. The number of carbonyl (C=O) groups excluding carboxylic acids is 1. The van der Waals surface area contributed by atoms with Crippen molar-refractivity contribution in [2.75, 3.05) is 0 Å². The van der Waals surface area contributed by atoms with Crippen molar-refractivity contribution < 1.29 is 4.79 Å². The number of para-hydroxylation sites is 1. The molecule has 5 nitrogen and oxygen atoms in total. The number of aromatic nitrogens is 2. The molecule has 0 radical (unpaired) electrons. The molecule has 0 aliphatic rings. The molecule has 160 valence electrons. The van der Waals surface area contributed by atoms with Crippen LogP contribution in [0.5, 0.6) is 0 Å². The fraction of sp³-hybridized carbons (Fsp3) is 0. The highest BCUT2D eigenvalue weighted by Gasteiger charge is 2.18. The number of carbonyl (C=O) groups is 1. The molecule has 1 aromatic heterocycles. The van der Waals surface area contributed by atoms with Crippen LogP contribution in [-0.4, -0.2) is 21.9 Å². The molecule has 5 aromatic rings. The van der Waals surface area contributed by atoms with Crippen molar-refractivity contribution in [3.8, 4) is 16.9 Å². The van der Waals surface area contributed by atoms with Gasteiger partial charge in [0.1, 0.15) is 0 Å². The Balaban J connectivity index is 1.53. The third-order valence-corrected chi connectivity index (χ3v) is 5.73. The first kappa shape index (κ1) is 20.8. The van der Waals surface area contributed by atoms with E-state index in [4.69, 9.17) is 0 Å². The summed E-state index contributed by atoms with van der Waals surface area (Å²) in [6.07, 6.45) is 1.60. The Labute approximate surface area is 199 Å². The van der Waals surface area contributed by atoms with E-state index in [1.807, 2.05) is 78.9 Å². The van der Waals surface area contributed by atoms with Gasteiger partial charge in [0.2, 0.25) is 0 Å². The first-order valence-corrected chi connectivity index (χ1v) is 11.2. The van der Waals surface area contributed by atoms with Crippen molar-refractivity contribution in [2.24, 2.45) is 5.10 Å². The number of hydrogen-bond acceptors (Lipinski definition) is 3. The molecule has 0 atom stereocenters. The minimum atomic E-state index is -0.377. The Morgan fingerprint density at radius 3 is 2.48 bits per heavy atom.